The Morgan fingerprint density at radius 3 is 2.93 bits per heavy atom. The Kier molecular flexibility index (Phi) is 4.57. The minimum Gasteiger partial charge on any atom is -0.362 e. The lowest BCUT2D eigenvalue weighted by atomic mass is 10.4. The van der Waals surface area contributed by atoms with Gasteiger partial charge in [-0.1, -0.05) is 18.5 Å². The molecule has 14 heavy (non-hydrogen) atoms. The molecule has 0 aromatic carbocycles. The number of nitrogens with one attached hydrogen (secondary N) is 1. The van der Waals surface area contributed by atoms with Crippen molar-refractivity contribution in [2.45, 2.75) is 19.6 Å². The predicted octanol–water partition coefficient (Wildman–Crippen LogP) is 2.69. The molecule has 1 heterocycles. The van der Waals surface area contributed by atoms with Crippen molar-refractivity contribution in [2.24, 2.45) is 0 Å². The van der Waals surface area contributed by atoms with Crippen molar-refractivity contribution in [3.05, 3.63) is 16.0 Å². The summed E-state index contributed by atoms with van der Waals surface area (Å²) < 4.78 is 5.68. The van der Waals surface area contributed by atoms with Crippen LogP contribution in [0.2, 0.25) is 5.15 Å². The number of hydrogen-bond donors (Lipinski definition) is 1. The molecular formula is C8H11BrClN3O. The van der Waals surface area contributed by atoms with Crippen LogP contribution in [0.5, 0.6) is 0 Å². The lowest BCUT2D eigenvalue weighted by Crippen LogP contribution is -2.21. The van der Waals surface area contributed by atoms with Gasteiger partial charge in [0.25, 0.3) is 0 Å². The summed E-state index contributed by atoms with van der Waals surface area (Å²) in [5.41, 5.74) is 0. The molecule has 0 saturated carbocycles. The second-order valence-electron chi connectivity index (χ2n) is 2.61. The number of nitrogens with zero attached hydrogens (tertiary/aromatic N) is 2. The molecule has 1 N–H and O–H groups in total. The first-order valence-electron chi connectivity index (χ1n) is 4.14. The van der Waals surface area contributed by atoms with Crippen molar-refractivity contribution >= 4 is 33.3 Å². The number of aromatic nitrogens is 2. The Morgan fingerprint density at radius 1 is 1.71 bits per heavy atom. The average Bonchev–Trinajstić information content (AvgIpc) is 2.19. The molecule has 0 aliphatic heterocycles. The Hall–Kier alpha value is -0.390. The summed E-state index contributed by atoms with van der Waals surface area (Å²) in [6.45, 7) is 2.01. The van der Waals surface area contributed by atoms with Crippen molar-refractivity contribution in [3.8, 4) is 0 Å². The summed E-state index contributed by atoms with van der Waals surface area (Å²) in [5, 5.41) is 3.38. The van der Waals surface area contributed by atoms with E-state index in [0.29, 0.717) is 15.6 Å². The third-order valence-electron chi connectivity index (χ3n) is 1.65. The SMILES string of the molecule is CC[C@@H](Nc1cnc(Br)c(Cl)n1)OC. The van der Waals surface area contributed by atoms with E-state index in [1.165, 1.54) is 0 Å². The number of ether oxygens (including phenoxy) is 1. The molecule has 0 spiro atoms. The van der Waals surface area contributed by atoms with Gasteiger partial charge in [-0.2, -0.15) is 0 Å². The van der Waals surface area contributed by atoms with E-state index in [2.05, 4.69) is 31.2 Å². The van der Waals surface area contributed by atoms with Crippen LogP contribution in [0.3, 0.4) is 0 Å². The first-order valence-corrected chi connectivity index (χ1v) is 5.31. The fraction of sp³-hybridized carbons (Fsp3) is 0.500. The van der Waals surface area contributed by atoms with Crippen LogP contribution in [0.1, 0.15) is 13.3 Å². The maximum atomic E-state index is 5.78. The van der Waals surface area contributed by atoms with Crippen molar-refractivity contribution in [1.82, 2.24) is 9.97 Å². The van der Waals surface area contributed by atoms with Crippen LogP contribution in [-0.2, 0) is 4.74 Å². The molecule has 0 radical (unpaired) electrons. The highest BCUT2D eigenvalue weighted by Gasteiger charge is 2.06. The summed E-state index contributed by atoms with van der Waals surface area (Å²) in [5.74, 6) is 0.604. The molecule has 1 rings (SSSR count). The average molecular weight is 281 g/mol. The maximum absolute atomic E-state index is 5.78. The normalized spacial score (nSPS) is 12.6. The van der Waals surface area contributed by atoms with E-state index in [4.69, 9.17) is 16.3 Å². The molecule has 1 atom stereocenters. The first-order chi connectivity index (χ1) is 6.67. The summed E-state index contributed by atoms with van der Waals surface area (Å²) in [7, 11) is 1.63. The molecule has 0 saturated heterocycles. The zero-order valence-corrected chi connectivity index (χ0v) is 10.3. The van der Waals surface area contributed by atoms with Gasteiger partial charge in [0.15, 0.2) is 5.15 Å². The van der Waals surface area contributed by atoms with Gasteiger partial charge >= 0.3 is 0 Å². The molecule has 0 amide bonds. The van der Waals surface area contributed by atoms with E-state index in [1.54, 1.807) is 13.3 Å². The van der Waals surface area contributed by atoms with Crippen LogP contribution >= 0.6 is 27.5 Å². The molecular weight excluding hydrogens is 269 g/mol. The van der Waals surface area contributed by atoms with Crippen molar-refractivity contribution < 1.29 is 4.74 Å². The van der Waals surface area contributed by atoms with Crippen molar-refractivity contribution in [3.63, 3.8) is 0 Å². The topological polar surface area (TPSA) is 47.0 Å². The number of rotatable bonds is 4. The predicted molar refractivity (Wildman–Crippen MR) is 59.5 cm³/mol. The Balaban J connectivity index is 2.72. The summed E-state index contributed by atoms with van der Waals surface area (Å²) >= 11 is 8.95. The first kappa shape index (κ1) is 11.7. The standard InChI is InChI=1S/C8H11BrClN3O/c1-3-6(14-2)12-5-4-11-7(9)8(10)13-5/h4,6H,3H2,1-2H3,(H,12,13)/t6-/m0/s1. The Morgan fingerprint density at radius 2 is 2.43 bits per heavy atom. The van der Waals surface area contributed by atoms with Gasteiger partial charge in [0.05, 0.1) is 6.20 Å². The fourth-order valence-electron chi connectivity index (χ4n) is 0.914. The van der Waals surface area contributed by atoms with Crippen LogP contribution < -0.4 is 5.32 Å². The lowest BCUT2D eigenvalue weighted by Gasteiger charge is -2.15. The summed E-state index contributed by atoms with van der Waals surface area (Å²) in [4.78, 5) is 8.08. The van der Waals surface area contributed by atoms with Gasteiger partial charge in [0, 0.05) is 7.11 Å². The zero-order chi connectivity index (χ0) is 10.6. The molecule has 0 bridgehead atoms. The molecule has 1 aromatic rings. The Bertz CT molecular complexity index is 307. The van der Waals surface area contributed by atoms with Gasteiger partial charge in [-0.25, -0.2) is 9.97 Å². The Labute approximate surface area is 96.2 Å². The van der Waals surface area contributed by atoms with Gasteiger partial charge in [-0.15, -0.1) is 0 Å². The zero-order valence-electron chi connectivity index (χ0n) is 7.92. The van der Waals surface area contributed by atoms with E-state index >= 15 is 0 Å². The number of halogens is 2. The second kappa shape index (κ2) is 5.48. The lowest BCUT2D eigenvalue weighted by molar-refractivity contribution is 0.122. The molecule has 0 aliphatic carbocycles. The number of anilines is 1. The molecule has 6 heteroatoms. The molecule has 0 fully saturated rings. The molecule has 0 unspecified atom stereocenters. The maximum Gasteiger partial charge on any atom is 0.164 e. The number of methoxy groups -OCH3 is 1. The van der Waals surface area contributed by atoms with Crippen LogP contribution in [-0.4, -0.2) is 23.3 Å². The number of hydrogen-bond acceptors (Lipinski definition) is 4. The second-order valence-corrected chi connectivity index (χ2v) is 3.72. The molecule has 4 nitrogen and oxygen atoms in total. The van der Waals surface area contributed by atoms with Gasteiger partial charge in [-0.3, -0.25) is 0 Å². The molecule has 0 aliphatic rings. The van der Waals surface area contributed by atoms with Crippen molar-refractivity contribution in [2.75, 3.05) is 12.4 Å². The van der Waals surface area contributed by atoms with E-state index < -0.39 is 0 Å². The van der Waals surface area contributed by atoms with Gasteiger partial charge in [-0.05, 0) is 22.4 Å². The fourth-order valence-corrected chi connectivity index (χ4v) is 1.24. The highest BCUT2D eigenvalue weighted by atomic mass is 79.9. The highest BCUT2D eigenvalue weighted by Crippen LogP contribution is 2.19. The van der Waals surface area contributed by atoms with E-state index in [1.807, 2.05) is 6.92 Å². The van der Waals surface area contributed by atoms with Crippen LogP contribution in [0.15, 0.2) is 10.8 Å². The van der Waals surface area contributed by atoms with Gasteiger partial charge in [0.2, 0.25) is 0 Å². The smallest absolute Gasteiger partial charge is 0.164 e. The minimum atomic E-state index is -0.0680. The monoisotopic (exact) mass is 279 g/mol. The third-order valence-corrected chi connectivity index (χ3v) is 2.73. The van der Waals surface area contributed by atoms with Crippen LogP contribution in [0.25, 0.3) is 0 Å². The molecule has 1 aromatic heterocycles. The summed E-state index contributed by atoms with van der Waals surface area (Å²) in [6.07, 6.45) is 2.37. The highest BCUT2D eigenvalue weighted by molar-refractivity contribution is 9.10. The quantitative estimate of drug-likeness (QED) is 0.862. The van der Waals surface area contributed by atoms with Crippen molar-refractivity contribution in [1.29, 1.82) is 0 Å². The van der Waals surface area contributed by atoms with E-state index in [9.17, 15) is 0 Å². The summed E-state index contributed by atoms with van der Waals surface area (Å²) in [6, 6.07) is 0. The molecule has 78 valence electrons. The van der Waals surface area contributed by atoms with Gasteiger partial charge in [0.1, 0.15) is 16.6 Å². The minimum absolute atomic E-state index is 0.0680. The van der Waals surface area contributed by atoms with E-state index in [0.717, 1.165) is 6.42 Å². The van der Waals surface area contributed by atoms with Crippen LogP contribution in [0.4, 0.5) is 5.82 Å². The van der Waals surface area contributed by atoms with E-state index in [-0.39, 0.29) is 6.23 Å². The largest absolute Gasteiger partial charge is 0.362 e. The van der Waals surface area contributed by atoms with Gasteiger partial charge < -0.3 is 10.1 Å². The third kappa shape index (κ3) is 3.08. The van der Waals surface area contributed by atoms with Crippen LogP contribution in [0, 0.1) is 0 Å².